The number of hydrogen-bond donors (Lipinski definition) is 2. The van der Waals surface area contributed by atoms with E-state index in [0.717, 1.165) is 0 Å². The Labute approximate surface area is 124 Å². The number of carbonyl (C=O) groups is 1. The molecule has 21 heavy (non-hydrogen) atoms. The first kappa shape index (κ1) is 15.4. The van der Waals surface area contributed by atoms with Gasteiger partial charge in [-0.3, -0.25) is 14.9 Å². The Balaban J connectivity index is 1.84. The smallest absolute Gasteiger partial charge is 0.279 e. The Hall–Kier alpha value is -1.95. The molecule has 1 aromatic carbocycles. The van der Waals surface area contributed by atoms with E-state index in [1.165, 1.54) is 49.1 Å². The van der Waals surface area contributed by atoms with E-state index >= 15 is 0 Å². The number of quaternary nitrogens is 1. The second-order valence-electron chi connectivity index (χ2n) is 5.71. The van der Waals surface area contributed by atoms with Crippen LogP contribution >= 0.6 is 0 Å². The zero-order valence-corrected chi connectivity index (χ0v) is 12.3. The average Bonchev–Trinajstić information content (AvgIpc) is 2.48. The van der Waals surface area contributed by atoms with Gasteiger partial charge in [0.25, 0.3) is 11.6 Å². The van der Waals surface area contributed by atoms with Crippen LogP contribution in [0.2, 0.25) is 0 Å². The van der Waals surface area contributed by atoms with Gasteiger partial charge in [0.05, 0.1) is 18.0 Å². The van der Waals surface area contributed by atoms with Crippen molar-refractivity contribution in [2.45, 2.75) is 38.1 Å². The molecule has 1 aliphatic carbocycles. The number of hydrogen-bond acceptors (Lipinski definition) is 3. The highest BCUT2D eigenvalue weighted by Gasteiger charge is 2.23. The summed E-state index contributed by atoms with van der Waals surface area (Å²) < 4.78 is 0. The number of amides is 1. The highest BCUT2D eigenvalue weighted by molar-refractivity contribution is 5.91. The van der Waals surface area contributed by atoms with Crippen LogP contribution in [0.25, 0.3) is 0 Å². The van der Waals surface area contributed by atoms with E-state index in [0.29, 0.717) is 18.3 Å². The number of nitro groups is 1. The molecule has 1 fully saturated rings. The van der Waals surface area contributed by atoms with Crippen molar-refractivity contribution in [3.8, 4) is 0 Å². The van der Waals surface area contributed by atoms with E-state index in [4.69, 9.17) is 0 Å². The molecule has 2 rings (SSSR count). The fourth-order valence-corrected chi connectivity index (χ4v) is 2.86. The van der Waals surface area contributed by atoms with Crippen LogP contribution in [0.1, 0.15) is 32.1 Å². The van der Waals surface area contributed by atoms with E-state index < -0.39 is 4.92 Å². The van der Waals surface area contributed by atoms with Gasteiger partial charge in [0.2, 0.25) is 0 Å². The molecular weight excluding hydrogens is 270 g/mol. The number of rotatable bonds is 5. The van der Waals surface area contributed by atoms with Gasteiger partial charge in [-0.05, 0) is 37.8 Å². The standard InChI is InChI=1S/C15H21N3O3/c1-17(13-5-3-2-4-6-13)11-15(19)16-12-7-9-14(10-8-12)18(20)21/h7-10,13H,2-6,11H2,1H3,(H,16,19)/p+1. The Morgan fingerprint density at radius 1 is 1.29 bits per heavy atom. The van der Waals surface area contributed by atoms with Crippen LogP contribution in [-0.4, -0.2) is 30.5 Å². The first-order valence-electron chi connectivity index (χ1n) is 7.43. The predicted molar refractivity (Wildman–Crippen MR) is 80.4 cm³/mol. The second kappa shape index (κ2) is 7.17. The number of benzene rings is 1. The normalized spacial score (nSPS) is 17.2. The minimum atomic E-state index is -0.452. The van der Waals surface area contributed by atoms with Crippen LogP contribution in [0.3, 0.4) is 0 Å². The molecular formula is C15H22N3O3+. The molecule has 1 saturated carbocycles. The summed E-state index contributed by atoms with van der Waals surface area (Å²) in [5.74, 6) is -0.0491. The van der Waals surface area contributed by atoms with Crippen molar-refractivity contribution in [3.05, 3.63) is 34.4 Å². The van der Waals surface area contributed by atoms with Crippen molar-refractivity contribution in [1.29, 1.82) is 0 Å². The minimum Gasteiger partial charge on any atom is -0.327 e. The molecule has 1 unspecified atom stereocenters. The molecule has 1 aromatic rings. The van der Waals surface area contributed by atoms with Crippen LogP contribution in [0.4, 0.5) is 11.4 Å². The van der Waals surface area contributed by atoms with Crippen molar-refractivity contribution < 1.29 is 14.6 Å². The Bertz CT molecular complexity index is 495. The maximum Gasteiger partial charge on any atom is 0.279 e. The molecule has 114 valence electrons. The van der Waals surface area contributed by atoms with Gasteiger partial charge in [-0.25, -0.2) is 0 Å². The summed E-state index contributed by atoms with van der Waals surface area (Å²) in [5.41, 5.74) is 0.625. The van der Waals surface area contributed by atoms with Crippen LogP contribution in [0.15, 0.2) is 24.3 Å². The van der Waals surface area contributed by atoms with Crippen LogP contribution in [0.5, 0.6) is 0 Å². The van der Waals surface area contributed by atoms with Crippen molar-refractivity contribution >= 4 is 17.3 Å². The fraction of sp³-hybridized carbons (Fsp3) is 0.533. The number of nitrogens with zero attached hydrogens (tertiary/aromatic N) is 1. The molecule has 1 aliphatic rings. The van der Waals surface area contributed by atoms with Gasteiger partial charge in [0, 0.05) is 17.8 Å². The fourth-order valence-electron chi connectivity index (χ4n) is 2.86. The van der Waals surface area contributed by atoms with Gasteiger partial charge >= 0.3 is 0 Å². The molecule has 0 saturated heterocycles. The highest BCUT2D eigenvalue weighted by Crippen LogP contribution is 2.16. The molecule has 0 bridgehead atoms. The molecule has 6 heteroatoms. The third kappa shape index (κ3) is 4.53. The summed E-state index contributed by atoms with van der Waals surface area (Å²) in [4.78, 5) is 23.4. The van der Waals surface area contributed by atoms with Crippen LogP contribution < -0.4 is 10.2 Å². The first-order valence-corrected chi connectivity index (χ1v) is 7.43. The molecule has 0 radical (unpaired) electrons. The number of nitrogens with one attached hydrogen (secondary N) is 2. The zero-order chi connectivity index (χ0) is 15.2. The Morgan fingerprint density at radius 2 is 1.90 bits per heavy atom. The third-order valence-corrected chi connectivity index (χ3v) is 4.10. The Morgan fingerprint density at radius 3 is 2.48 bits per heavy atom. The summed E-state index contributed by atoms with van der Waals surface area (Å²) in [6.07, 6.45) is 6.20. The molecule has 1 amide bonds. The predicted octanol–water partition coefficient (Wildman–Crippen LogP) is 1.38. The van der Waals surface area contributed by atoms with E-state index in [9.17, 15) is 14.9 Å². The van der Waals surface area contributed by atoms with Gasteiger partial charge in [-0.2, -0.15) is 0 Å². The van der Waals surface area contributed by atoms with E-state index in [1.54, 1.807) is 12.1 Å². The van der Waals surface area contributed by atoms with Gasteiger partial charge < -0.3 is 10.2 Å². The monoisotopic (exact) mass is 292 g/mol. The van der Waals surface area contributed by atoms with E-state index in [-0.39, 0.29) is 11.6 Å². The number of non-ortho nitro benzene ring substituents is 1. The van der Waals surface area contributed by atoms with Crippen molar-refractivity contribution in [3.63, 3.8) is 0 Å². The molecule has 6 nitrogen and oxygen atoms in total. The SMILES string of the molecule is C[NH+](CC(=O)Nc1ccc([N+](=O)[O-])cc1)C1CCCCC1. The van der Waals surface area contributed by atoms with Gasteiger partial charge in [0.15, 0.2) is 6.54 Å². The summed E-state index contributed by atoms with van der Waals surface area (Å²) >= 11 is 0. The minimum absolute atomic E-state index is 0.0259. The number of carbonyl (C=O) groups excluding carboxylic acids is 1. The summed E-state index contributed by atoms with van der Waals surface area (Å²) in [7, 11) is 2.06. The highest BCUT2D eigenvalue weighted by atomic mass is 16.6. The molecule has 1 atom stereocenters. The lowest BCUT2D eigenvalue weighted by atomic mass is 9.94. The third-order valence-electron chi connectivity index (χ3n) is 4.10. The number of likely N-dealkylation sites (N-methyl/N-ethyl adjacent to an activating group) is 1. The lowest BCUT2D eigenvalue weighted by molar-refractivity contribution is -0.899. The van der Waals surface area contributed by atoms with Gasteiger partial charge in [-0.1, -0.05) is 6.42 Å². The maximum atomic E-state index is 12.0. The number of anilines is 1. The second-order valence-corrected chi connectivity index (χ2v) is 5.71. The van der Waals surface area contributed by atoms with Crippen molar-refractivity contribution in [2.24, 2.45) is 0 Å². The quantitative estimate of drug-likeness (QED) is 0.636. The maximum absolute atomic E-state index is 12.0. The van der Waals surface area contributed by atoms with Gasteiger partial charge in [0.1, 0.15) is 0 Å². The lowest BCUT2D eigenvalue weighted by Gasteiger charge is -2.27. The van der Waals surface area contributed by atoms with E-state index in [2.05, 4.69) is 12.4 Å². The van der Waals surface area contributed by atoms with Crippen LogP contribution in [0, 0.1) is 10.1 Å². The lowest BCUT2D eigenvalue weighted by Crippen LogP contribution is -3.14. The molecule has 0 spiro atoms. The molecule has 0 aromatic heterocycles. The largest absolute Gasteiger partial charge is 0.327 e. The Kier molecular flexibility index (Phi) is 5.27. The topological polar surface area (TPSA) is 76.7 Å². The molecule has 2 N–H and O–H groups in total. The summed E-state index contributed by atoms with van der Waals surface area (Å²) in [6, 6.07) is 6.49. The zero-order valence-electron chi connectivity index (χ0n) is 12.3. The van der Waals surface area contributed by atoms with Crippen LogP contribution in [-0.2, 0) is 4.79 Å². The average molecular weight is 292 g/mol. The van der Waals surface area contributed by atoms with Crippen molar-refractivity contribution in [1.82, 2.24) is 0 Å². The molecule has 0 aliphatic heterocycles. The number of nitro benzene ring substituents is 1. The van der Waals surface area contributed by atoms with Crippen molar-refractivity contribution in [2.75, 3.05) is 18.9 Å². The van der Waals surface area contributed by atoms with Gasteiger partial charge in [-0.15, -0.1) is 0 Å². The summed E-state index contributed by atoms with van der Waals surface area (Å²) in [5, 5.41) is 13.4. The molecule has 0 heterocycles. The first-order chi connectivity index (χ1) is 10.1. The van der Waals surface area contributed by atoms with E-state index in [1.807, 2.05) is 0 Å². The summed E-state index contributed by atoms with van der Waals surface area (Å²) in [6.45, 7) is 0.432.